The number of benzene rings is 1. The second-order valence-electron chi connectivity index (χ2n) is 5.55. The molecule has 0 aliphatic carbocycles. The summed E-state index contributed by atoms with van der Waals surface area (Å²) in [6.45, 7) is 0.643. The Hall–Kier alpha value is -1.62. The number of nitrogens with zero attached hydrogens (tertiary/aromatic N) is 1. The van der Waals surface area contributed by atoms with Crippen LogP contribution in [0.2, 0.25) is 0 Å². The van der Waals surface area contributed by atoms with Crippen LogP contribution in [0, 0.1) is 0 Å². The van der Waals surface area contributed by atoms with Gasteiger partial charge in [-0.3, -0.25) is 13.9 Å². The molecule has 128 valence electrons. The summed E-state index contributed by atoms with van der Waals surface area (Å²) in [5, 5.41) is -1.67. The number of rotatable bonds is 6. The average molecular weight is 370 g/mol. The van der Waals surface area contributed by atoms with Gasteiger partial charge in [0.15, 0.2) is 24.3 Å². The van der Waals surface area contributed by atoms with Crippen LogP contribution in [0.3, 0.4) is 0 Å². The third-order valence-corrected chi connectivity index (χ3v) is 7.93. The van der Waals surface area contributed by atoms with Crippen LogP contribution in [0.5, 0.6) is 0 Å². The second kappa shape index (κ2) is 7.09. The minimum atomic E-state index is -4.74. The van der Waals surface area contributed by atoms with Gasteiger partial charge < -0.3 is 14.7 Å². The number of carbonyl (C=O) groups excluding carboxylic acids is 1. The minimum absolute atomic E-state index is 0.296. The van der Waals surface area contributed by atoms with Crippen LogP contribution in [0.1, 0.15) is 10.4 Å². The van der Waals surface area contributed by atoms with Crippen LogP contribution in [0.4, 0.5) is 0 Å². The van der Waals surface area contributed by atoms with Crippen LogP contribution in [0.25, 0.3) is 11.1 Å². The van der Waals surface area contributed by atoms with Crippen LogP contribution >= 0.6 is 15.0 Å². The summed E-state index contributed by atoms with van der Waals surface area (Å²) in [6.07, 6.45) is 3.90. The lowest BCUT2D eigenvalue weighted by Crippen LogP contribution is -2.39. The van der Waals surface area contributed by atoms with E-state index in [2.05, 4.69) is 0 Å². The van der Waals surface area contributed by atoms with Gasteiger partial charge in [0.25, 0.3) is 0 Å². The third-order valence-electron chi connectivity index (χ3n) is 3.53. The molecule has 2 atom stereocenters. The Balaban J connectivity index is 2.38. The van der Waals surface area contributed by atoms with Gasteiger partial charge in [-0.15, -0.1) is 0 Å². The lowest BCUT2D eigenvalue weighted by atomic mass is 10.1. The van der Waals surface area contributed by atoms with Gasteiger partial charge in [-0.1, -0.05) is 18.2 Å². The molecule has 0 saturated carbocycles. The molecule has 0 bridgehead atoms. The molecule has 0 saturated heterocycles. The maximum absolute atomic E-state index is 11.8. The Kier molecular flexibility index (Phi) is 5.53. The van der Waals surface area contributed by atoms with Gasteiger partial charge in [-0.05, 0) is 17.7 Å². The van der Waals surface area contributed by atoms with Gasteiger partial charge in [-0.25, -0.2) is 4.57 Å². The molecule has 0 aliphatic heterocycles. The van der Waals surface area contributed by atoms with Crippen LogP contribution in [-0.4, -0.2) is 33.0 Å². The minimum Gasteiger partial charge on any atom is -0.344 e. The van der Waals surface area contributed by atoms with E-state index in [1.807, 2.05) is 0 Å². The van der Waals surface area contributed by atoms with Gasteiger partial charge in [-0.2, -0.15) is 0 Å². The molecule has 24 heavy (non-hydrogen) atoms. The van der Waals surface area contributed by atoms with Gasteiger partial charge in [0.05, 0.1) is 0 Å². The van der Waals surface area contributed by atoms with Crippen molar-refractivity contribution in [1.29, 1.82) is 0 Å². The maximum Gasteiger partial charge on any atom is 0.344 e. The molecule has 0 spiro atoms. The second-order valence-corrected chi connectivity index (χ2v) is 10.3. The van der Waals surface area contributed by atoms with Crippen molar-refractivity contribution in [2.75, 3.05) is 6.66 Å². The topological polar surface area (TPSA) is 116 Å². The SMILES string of the molecule is CP(=O)(O)C(C[n+]1cccc(-c2cccc(C=O)c2)c1)P(=O)(O)O. The molecule has 0 fully saturated rings. The third kappa shape index (κ3) is 4.69. The molecule has 0 amide bonds. The van der Waals surface area contributed by atoms with E-state index >= 15 is 0 Å². The van der Waals surface area contributed by atoms with E-state index in [9.17, 15) is 28.6 Å². The predicted octanol–water partition coefficient (Wildman–Crippen LogP) is 1.86. The van der Waals surface area contributed by atoms with Crippen molar-refractivity contribution in [2.45, 2.75) is 11.9 Å². The molecule has 0 radical (unpaired) electrons. The summed E-state index contributed by atoms with van der Waals surface area (Å²) in [5.41, 5.74) is 1.98. The fourth-order valence-corrected chi connectivity index (χ4v) is 5.45. The maximum atomic E-state index is 11.8. The molecule has 0 aliphatic rings. The molecule has 1 aromatic heterocycles. The first-order chi connectivity index (χ1) is 11.1. The molecule has 7 nitrogen and oxygen atoms in total. The van der Waals surface area contributed by atoms with E-state index in [0.29, 0.717) is 5.56 Å². The fourth-order valence-electron chi connectivity index (χ4n) is 2.32. The first-order valence-corrected chi connectivity index (χ1v) is 10.9. The zero-order valence-corrected chi connectivity index (χ0v) is 14.7. The first kappa shape index (κ1) is 18.7. The summed E-state index contributed by atoms with van der Waals surface area (Å²) in [5.74, 6) is 0. The molecule has 9 heteroatoms. The average Bonchev–Trinajstić information content (AvgIpc) is 2.51. The highest BCUT2D eigenvalue weighted by Crippen LogP contribution is 2.60. The van der Waals surface area contributed by atoms with E-state index in [1.165, 1.54) is 4.57 Å². The number of pyridine rings is 1. The smallest absolute Gasteiger partial charge is 0.344 e. The zero-order chi connectivity index (χ0) is 18.0. The molecular weight excluding hydrogens is 352 g/mol. The van der Waals surface area contributed by atoms with E-state index < -0.39 is 20.4 Å². The van der Waals surface area contributed by atoms with E-state index in [1.54, 1.807) is 48.8 Å². The van der Waals surface area contributed by atoms with Crippen molar-refractivity contribution in [1.82, 2.24) is 0 Å². The quantitative estimate of drug-likeness (QED) is 0.406. The fraction of sp³-hybridized carbons (Fsp3) is 0.200. The number of hydrogen-bond acceptors (Lipinski definition) is 3. The van der Waals surface area contributed by atoms with Gasteiger partial charge >= 0.3 is 7.60 Å². The molecule has 2 unspecified atom stereocenters. The molecular formula is C15H18NO6P2+. The van der Waals surface area contributed by atoms with Crippen molar-refractivity contribution in [3.63, 3.8) is 0 Å². The van der Waals surface area contributed by atoms with Crippen LogP contribution < -0.4 is 4.57 Å². The summed E-state index contributed by atoms with van der Waals surface area (Å²) in [4.78, 5) is 39.2. The highest BCUT2D eigenvalue weighted by Gasteiger charge is 2.43. The van der Waals surface area contributed by atoms with Crippen LogP contribution in [0.15, 0.2) is 48.8 Å². The van der Waals surface area contributed by atoms with Crippen LogP contribution in [-0.2, 0) is 15.7 Å². The van der Waals surface area contributed by atoms with Crippen molar-refractivity contribution in [3.8, 4) is 11.1 Å². The highest BCUT2D eigenvalue weighted by atomic mass is 31.2. The Morgan fingerprint density at radius 2 is 1.79 bits per heavy atom. The lowest BCUT2D eigenvalue weighted by molar-refractivity contribution is -0.694. The molecule has 1 heterocycles. The van der Waals surface area contributed by atoms with Gasteiger partial charge in [0.2, 0.25) is 7.37 Å². The van der Waals surface area contributed by atoms with Crippen molar-refractivity contribution in [2.24, 2.45) is 0 Å². The van der Waals surface area contributed by atoms with Gasteiger partial charge in [0, 0.05) is 23.9 Å². The lowest BCUT2D eigenvalue weighted by Gasteiger charge is -2.18. The summed E-state index contributed by atoms with van der Waals surface area (Å²) >= 11 is 0. The largest absolute Gasteiger partial charge is 0.344 e. The monoisotopic (exact) mass is 370 g/mol. The predicted molar refractivity (Wildman–Crippen MR) is 89.0 cm³/mol. The summed E-state index contributed by atoms with van der Waals surface area (Å²) in [6, 6.07) is 10.3. The number of aldehydes is 1. The van der Waals surface area contributed by atoms with E-state index in [4.69, 9.17) is 0 Å². The Labute approximate surface area is 139 Å². The van der Waals surface area contributed by atoms with E-state index in [0.717, 1.165) is 24.1 Å². The first-order valence-electron chi connectivity index (χ1n) is 7.01. The van der Waals surface area contributed by atoms with Crippen molar-refractivity contribution in [3.05, 3.63) is 54.4 Å². The number of carbonyl (C=O) groups is 1. The zero-order valence-electron chi connectivity index (χ0n) is 12.9. The van der Waals surface area contributed by atoms with E-state index in [-0.39, 0.29) is 6.54 Å². The molecule has 2 aromatic rings. The Morgan fingerprint density at radius 1 is 1.12 bits per heavy atom. The Bertz CT molecular complexity index is 819. The van der Waals surface area contributed by atoms with Crippen molar-refractivity contribution >= 4 is 21.3 Å². The Morgan fingerprint density at radius 3 is 2.38 bits per heavy atom. The normalized spacial score (nSPS) is 15.5. The number of hydrogen-bond donors (Lipinski definition) is 3. The summed E-state index contributed by atoms with van der Waals surface area (Å²) < 4.78 is 24.8. The van der Waals surface area contributed by atoms with Gasteiger partial charge in [0.1, 0.15) is 6.29 Å². The molecule has 1 aromatic carbocycles. The molecule has 2 rings (SSSR count). The molecule has 3 N–H and O–H groups in total. The standard InChI is InChI=1S/C15H17NO6P2/c1-23(18,19)15(24(20,21)22)10-16-7-3-6-14(9-16)13-5-2-4-12(8-13)11-17/h2-9,11,15H,10H2,1H3,(H2-,18,19,20,21,22)/p+1. The summed E-state index contributed by atoms with van der Waals surface area (Å²) in [7, 11) is -8.74. The number of aromatic nitrogens is 1. The highest BCUT2D eigenvalue weighted by molar-refractivity contribution is 7.73. The van der Waals surface area contributed by atoms with Crippen molar-refractivity contribution < 1.29 is 33.2 Å².